The van der Waals surface area contributed by atoms with Gasteiger partial charge in [0.1, 0.15) is 10.8 Å². The van der Waals surface area contributed by atoms with Crippen molar-refractivity contribution in [3.63, 3.8) is 0 Å². The standard InChI is InChI=1S/C19H18N2O3S2/c20-26(22,23)17-9-5-14(6-10-17)18-12-25-19(21-18)15-3-7-16(8-4-15)24-11-13-1-2-13/h3-10,12-13H,1-2,11H2,(H2,20,22,23). The van der Waals surface area contributed by atoms with Gasteiger partial charge in [0, 0.05) is 16.5 Å². The molecule has 1 saturated carbocycles. The van der Waals surface area contributed by atoms with Gasteiger partial charge in [0.15, 0.2) is 0 Å². The van der Waals surface area contributed by atoms with Crippen LogP contribution in [0, 0.1) is 5.92 Å². The number of thiazole rings is 1. The van der Waals surface area contributed by atoms with Crippen LogP contribution in [0.2, 0.25) is 0 Å². The third kappa shape index (κ3) is 3.95. The van der Waals surface area contributed by atoms with E-state index in [0.717, 1.165) is 40.1 Å². The fourth-order valence-corrected chi connectivity index (χ4v) is 3.90. The predicted octanol–water partition coefficient (Wildman–Crippen LogP) is 3.91. The monoisotopic (exact) mass is 386 g/mol. The van der Waals surface area contributed by atoms with Gasteiger partial charge in [0.05, 0.1) is 17.2 Å². The Hall–Kier alpha value is -2.22. The molecule has 1 heterocycles. The smallest absolute Gasteiger partial charge is 0.238 e. The van der Waals surface area contributed by atoms with Crippen LogP contribution in [0.4, 0.5) is 0 Å². The molecule has 26 heavy (non-hydrogen) atoms. The van der Waals surface area contributed by atoms with Crippen LogP contribution < -0.4 is 9.88 Å². The Bertz CT molecular complexity index is 1010. The van der Waals surface area contributed by atoms with Crippen molar-refractivity contribution in [2.45, 2.75) is 17.7 Å². The maximum absolute atomic E-state index is 11.3. The molecule has 1 fully saturated rings. The molecule has 0 saturated heterocycles. The van der Waals surface area contributed by atoms with Crippen LogP contribution in [-0.2, 0) is 10.0 Å². The van der Waals surface area contributed by atoms with Crippen LogP contribution in [0.3, 0.4) is 0 Å². The highest BCUT2D eigenvalue weighted by Gasteiger charge is 2.21. The minimum Gasteiger partial charge on any atom is -0.493 e. The number of nitrogens with two attached hydrogens (primary N) is 1. The molecule has 1 aliphatic rings. The van der Waals surface area contributed by atoms with E-state index in [1.807, 2.05) is 29.6 Å². The number of rotatable bonds is 6. The van der Waals surface area contributed by atoms with Gasteiger partial charge in [0.25, 0.3) is 0 Å². The topological polar surface area (TPSA) is 82.3 Å². The van der Waals surface area contributed by atoms with Gasteiger partial charge in [-0.3, -0.25) is 0 Å². The maximum Gasteiger partial charge on any atom is 0.238 e. The summed E-state index contributed by atoms with van der Waals surface area (Å²) in [6.07, 6.45) is 2.55. The van der Waals surface area contributed by atoms with Crippen molar-refractivity contribution in [3.05, 3.63) is 53.9 Å². The number of hydrogen-bond acceptors (Lipinski definition) is 5. The minimum atomic E-state index is -3.68. The van der Waals surface area contributed by atoms with Crippen molar-refractivity contribution in [1.82, 2.24) is 4.98 Å². The zero-order valence-corrected chi connectivity index (χ0v) is 15.6. The number of primary sulfonamides is 1. The van der Waals surface area contributed by atoms with Crippen LogP contribution in [-0.4, -0.2) is 20.0 Å². The van der Waals surface area contributed by atoms with Gasteiger partial charge < -0.3 is 4.74 Å². The molecule has 0 amide bonds. The zero-order valence-electron chi connectivity index (χ0n) is 14.0. The summed E-state index contributed by atoms with van der Waals surface area (Å²) in [6.45, 7) is 0.801. The van der Waals surface area contributed by atoms with Crippen molar-refractivity contribution in [2.75, 3.05) is 6.61 Å². The first-order chi connectivity index (χ1) is 12.5. The first-order valence-electron chi connectivity index (χ1n) is 8.31. The van der Waals surface area contributed by atoms with E-state index in [2.05, 4.69) is 4.98 Å². The molecule has 7 heteroatoms. The summed E-state index contributed by atoms with van der Waals surface area (Å²) in [5.41, 5.74) is 2.69. The van der Waals surface area contributed by atoms with Gasteiger partial charge in [-0.25, -0.2) is 18.5 Å². The highest BCUT2D eigenvalue weighted by molar-refractivity contribution is 7.89. The van der Waals surface area contributed by atoms with E-state index in [-0.39, 0.29) is 4.90 Å². The summed E-state index contributed by atoms with van der Waals surface area (Å²) >= 11 is 1.55. The van der Waals surface area contributed by atoms with E-state index in [4.69, 9.17) is 9.88 Å². The fraction of sp³-hybridized carbons (Fsp3) is 0.211. The molecule has 0 unspecified atom stereocenters. The van der Waals surface area contributed by atoms with Crippen LogP contribution in [0.15, 0.2) is 58.8 Å². The molecule has 1 aliphatic carbocycles. The molecule has 0 atom stereocenters. The zero-order chi connectivity index (χ0) is 18.1. The molecular formula is C19H18N2O3S2. The molecule has 2 N–H and O–H groups in total. The Labute approximate surface area is 156 Å². The van der Waals surface area contributed by atoms with Gasteiger partial charge in [-0.1, -0.05) is 12.1 Å². The normalized spacial score (nSPS) is 14.3. The molecule has 134 valence electrons. The molecule has 2 aromatic carbocycles. The molecule has 1 aromatic heterocycles. The van der Waals surface area contributed by atoms with Gasteiger partial charge in [0.2, 0.25) is 10.0 Å². The van der Waals surface area contributed by atoms with E-state index >= 15 is 0 Å². The van der Waals surface area contributed by atoms with Crippen molar-refractivity contribution in [1.29, 1.82) is 0 Å². The van der Waals surface area contributed by atoms with E-state index in [1.54, 1.807) is 23.5 Å². The number of ether oxygens (including phenoxy) is 1. The molecule has 0 spiro atoms. The summed E-state index contributed by atoms with van der Waals surface area (Å²) in [6, 6.07) is 14.4. The second kappa shape index (κ2) is 6.83. The van der Waals surface area contributed by atoms with Crippen LogP contribution in [0.1, 0.15) is 12.8 Å². The summed E-state index contributed by atoms with van der Waals surface area (Å²) in [5.74, 6) is 1.62. The first-order valence-corrected chi connectivity index (χ1v) is 10.7. The highest BCUT2D eigenvalue weighted by Crippen LogP contribution is 2.32. The van der Waals surface area contributed by atoms with E-state index in [9.17, 15) is 8.42 Å². The molecule has 3 aromatic rings. The summed E-state index contributed by atoms with van der Waals surface area (Å²) < 4.78 is 28.4. The van der Waals surface area contributed by atoms with Gasteiger partial charge in [-0.15, -0.1) is 11.3 Å². The number of benzene rings is 2. The summed E-state index contributed by atoms with van der Waals surface area (Å²) in [4.78, 5) is 4.75. The minimum absolute atomic E-state index is 0.0958. The first kappa shape index (κ1) is 17.2. The number of sulfonamides is 1. The number of aromatic nitrogens is 1. The predicted molar refractivity (Wildman–Crippen MR) is 103 cm³/mol. The average Bonchev–Trinajstić information content (AvgIpc) is 3.34. The SMILES string of the molecule is NS(=O)(=O)c1ccc(-c2csc(-c3ccc(OCC4CC4)cc3)n2)cc1. The Morgan fingerprint density at radius 2 is 1.69 bits per heavy atom. The second-order valence-electron chi connectivity index (χ2n) is 6.39. The summed E-state index contributed by atoms with van der Waals surface area (Å²) in [5, 5.41) is 7.99. The molecule has 0 aliphatic heterocycles. The van der Waals surface area contributed by atoms with Crippen molar-refractivity contribution in [2.24, 2.45) is 11.1 Å². The Morgan fingerprint density at radius 1 is 1.04 bits per heavy atom. The lowest BCUT2D eigenvalue weighted by Crippen LogP contribution is -2.11. The van der Waals surface area contributed by atoms with Crippen LogP contribution >= 0.6 is 11.3 Å². The lowest BCUT2D eigenvalue weighted by Gasteiger charge is -2.05. The molecule has 5 nitrogen and oxygen atoms in total. The fourth-order valence-electron chi connectivity index (χ4n) is 2.55. The van der Waals surface area contributed by atoms with Crippen LogP contribution in [0.5, 0.6) is 5.75 Å². The van der Waals surface area contributed by atoms with E-state index in [1.165, 1.54) is 25.0 Å². The number of hydrogen-bond donors (Lipinski definition) is 1. The van der Waals surface area contributed by atoms with Gasteiger partial charge >= 0.3 is 0 Å². The lowest BCUT2D eigenvalue weighted by atomic mass is 10.2. The molecule has 0 radical (unpaired) electrons. The van der Waals surface area contributed by atoms with Crippen molar-refractivity contribution < 1.29 is 13.2 Å². The van der Waals surface area contributed by atoms with Crippen LogP contribution in [0.25, 0.3) is 21.8 Å². The molecule has 4 rings (SSSR count). The largest absolute Gasteiger partial charge is 0.493 e. The highest BCUT2D eigenvalue weighted by atomic mass is 32.2. The van der Waals surface area contributed by atoms with E-state index < -0.39 is 10.0 Å². The molecule has 0 bridgehead atoms. The lowest BCUT2D eigenvalue weighted by molar-refractivity contribution is 0.300. The quantitative estimate of drug-likeness (QED) is 0.696. The third-order valence-electron chi connectivity index (χ3n) is 4.27. The Balaban J connectivity index is 1.50. The Kier molecular flexibility index (Phi) is 4.52. The molecular weight excluding hydrogens is 368 g/mol. The maximum atomic E-state index is 11.3. The number of nitrogens with zero attached hydrogens (tertiary/aromatic N) is 1. The third-order valence-corrected chi connectivity index (χ3v) is 6.09. The summed E-state index contributed by atoms with van der Waals surface area (Å²) in [7, 11) is -3.68. The van der Waals surface area contributed by atoms with Gasteiger partial charge in [-0.05, 0) is 55.2 Å². The van der Waals surface area contributed by atoms with Crippen molar-refractivity contribution in [3.8, 4) is 27.6 Å². The van der Waals surface area contributed by atoms with E-state index in [0.29, 0.717) is 0 Å². The van der Waals surface area contributed by atoms with Crippen molar-refractivity contribution >= 4 is 21.4 Å². The average molecular weight is 386 g/mol. The Morgan fingerprint density at radius 3 is 2.31 bits per heavy atom. The van der Waals surface area contributed by atoms with Gasteiger partial charge in [-0.2, -0.15) is 0 Å². The second-order valence-corrected chi connectivity index (χ2v) is 8.81.